The number of hydrogen-bond donors (Lipinski definition) is 2. The van der Waals surface area contributed by atoms with E-state index in [0.29, 0.717) is 47.8 Å². The van der Waals surface area contributed by atoms with Crippen molar-refractivity contribution in [3.8, 4) is 5.75 Å². The molecular formula is C22H20Br2F3N3O3S. The zero-order valence-corrected chi connectivity index (χ0v) is 21.8. The maximum absolute atomic E-state index is 13.3. The molecule has 1 fully saturated rings. The SMILES string of the molecule is COc1c(Br)cc(Br)cc1/C=C/C(=O)NC(=S)Nc1cc(C(F)(F)F)ccc1N1CCOCC1. The summed E-state index contributed by atoms with van der Waals surface area (Å²) in [5.74, 6) is -0.0254. The molecule has 0 spiro atoms. The van der Waals surface area contributed by atoms with Crippen LogP contribution in [0.5, 0.6) is 5.75 Å². The second-order valence-electron chi connectivity index (χ2n) is 7.12. The van der Waals surface area contributed by atoms with E-state index in [-0.39, 0.29) is 10.8 Å². The van der Waals surface area contributed by atoms with Crippen molar-refractivity contribution in [2.24, 2.45) is 0 Å². The summed E-state index contributed by atoms with van der Waals surface area (Å²) in [5, 5.41) is 5.06. The highest BCUT2D eigenvalue weighted by Gasteiger charge is 2.31. The number of amides is 1. The van der Waals surface area contributed by atoms with Gasteiger partial charge in [0.1, 0.15) is 5.75 Å². The lowest BCUT2D eigenvalue weighted by molar-refractivity contribution is -0.137. The number of carbonyl (C=O) groups is 1. The van der Waals surface area contributed by atoms with E-state index in [4.69, 9.17) is 21.7 Å². The van der Waals surface area contributed by atoms with Gasteiger partial charge in [0.05, 0.1) is 41.7 Å². The van der Waals surface area contributed by atoms with E-state index in [0.717, 1.165) is 16.6 Å². The monoisotopic (exact) mass is 621 g/mol. The van der Waals surface area contributed by atoms with Crippen LogP contribution in [0.1, 0.15) is 11.1 Å². The van der Waals surface area contributed by atoms with Crippen molar-refractivity contribution in [2.45, 2.75) is 6.18 Å². The van der Waals surface area contributed by atoms with Gasteiger partial charge in [0.25, 0.3) is 0 Å². The van der Waals surface area contributed by atoms with Crippen molar-refractivity contribution in [1.29, 1.82) is 0 Å². The van der Waals surface area contributed by atoms with Crippen molar-refractivity contribution in [1.82, 2.24) is 5.32 Å². The highest BCUT2D eigenvalue weighted by Crippen LogP contribution is 2.36. The molecule has 182 valence electrons. The molecular weight excluding hydrogens is 603 g/mol. The van der Waals surface area contributed by atoms with E-state index < -0.39 is 17.6 Å². The molecule has 2 aromatic carbocycles. The van der Waals surface area contributed by atoms with Crippen LogP contribution in [0.4, 0.5) is 24.5 Å². The minimum Gasteiger partial charge on any atom is -0.495 e. The minimum atomic E-state index is -4.52. The van der Waals surface area contributed by atoms with Gasteiger partial charge in [-0.25, -0.2) is 0 Å². The first-order valence-electron chi connectivity index (χ1n) is 9.95. The summed E-state index contributed by atoms with van der Waals surface area (Å²) in [7, 11) is 1.51. The quantitative estimate of drug-likeness (QED) is 0.334. The molecule has 0 bridgehead atoms. The molecule has 34 heavy (non-hydrogen) atoms. The van der Waals surface area contributed by atoms with Crippen molar-refractivity contribution >= 4 is 72.5 Å². The van der Waals surface area contributed by atoms with E-state index >= 15 is 0 Å². The van der Waals surface area contributed by atoms with Crippen LogP contribution in [0.25, 0.3) is 6.08 Å². The topological polar surface area (TPSA) is 62.8 Å². The fraction of sp³-hybridized carbons (Fsp3) is 0.273. The number of benzene rings is 2. The largest absolute Gasteiger partial charge is 0.495 e. The highest BCUT2D eigenvalue weighted by atomic mass is 79.9. The van der Waals surface area contributed by atoms with Gasteiger partial charge in [0.2, 0.25) is 5.91 Å². The molecule has 1 heterocycles. The molecule has 0 radical (unpaired) electrons. The third-order valence-electron chi connectivity index (χ3n) is 4.82. The number of hydrogen-bond acceptors (Lipinski definition) is 5. The number of nitrogens with zero attached hydrogens (tertiary/aromatic N) is 1. The van der Waals surface area contributed by atoms with E-state index in [1.807, 2.05) is 4.90 Å². The lowest BCUT2D eigenvalue weighted by Gasteiger charge is -2.31. The van der Waals surface area contributed by atoms with E-state index in [9.17, 15) is 18.0 Å². The average molecular weight is 623 g/mol. The molecule has 1 aliphatic rings. The third kappa shape index (κ3) is 6.94. The van der Waals surface area contributed by atoms with Gasteiger partial charge in [-0.15, -0.1) is 0 Å². The Hall–Kier alpha value is -2.15. The molecule has 0 aromatic heterocycles. The molecule has 2 aromatic rings. The van der Waals surface area contributed by atoms with Gasteiger partial charge in [0.15, 0.2) is 5.11 Å². The number of rotatable bonds is 5. The summed E-state index contributed by atoms with van der Waals surface area (Å²) in [4.78, 5) is 14.3. The normalized spacial score (nSPS) is 14.2. The molecule has 1 aliphatic heterocycles. The van der Waals surface area contributed by atoms with E-state index in [2.05, 4.69) is 42.5 Å². The van der Waals surface area contributed by atoms with Gasteiger partial charge in [-0.3, -0.25) is 10.1 Å². The van der Waals surface area contributed by atoms with Gasteiger partial charge in [-0.1, -0.05) is 15.9 Å². The second kappa shape index (κ2) is 11.5. The fourth-order valence-corrected chi connectivity index (χ4v) is 4.92. The maximum Gasteiger partial charge on any atom is 0.416 e. The lowest BCUT2D eigenvalue weighted by Crippen LogP contribution is -2.38. The smallest absolute Gasteiger partial charge is 0.416 e. The van der Waals surface area contributed by atoms with E-state index in [1.54, 1.807) is 12.1 Å². The Kier molecular flexibility index (Phi) is 8.96. The summed E-state index contributed by atoms with van der Waals surface area (Å²) in [6, 6.07) is 6.95. The van der Waals surface area contributed by atoms with Gasteiger partial charge in [-0.05, 0) is 64.6 Å². The number of carbonyl (C=O) groups excluding carboxylic acids is 1. The Morgan fingerprint density at radius 3 is 2.56 bits per heavy atom. The third-order valence-corrected chi connectivity index (χ3v) is 6.07. The van der Waals surface area contributed by atoms with Gasteiger partial charge < -0.3 is 19.7 Å². The fourth-order valence-electron chi connectivity index (χ4n) is 3.28. The first kappa shape index (κ1) is 26.5. The minimum absolute atomic E-state index is 0.133. The Bertz CT molecular complexity index is 1110. The molecule has 3 rings (SSSR count). The Morgan fingerprint density at radius 2 is 1.91 bits per heavy atom. The number of anilines is 2. The van der Waals surface area contributed by atoms with Gasteiger partial charge in [0, 0.05) is 29.2 Å². The van der Waals surface area contributed by atoms with E-state index in [1.165, 1.54) is 25.3 Å². The standard InChI is InChI=1S/C22H20Br2F3N3O3S/c1-32-20-13(10-15(23)12-16(20)24)2-5-19(31)29-21(34)28-17-11-14(22(25,26)27)3-4-18(17)30-6-8-33-9-7-30/h2-5,10-12H,6-9H2,1H3,(H2,28,29,31,34)/b5-2+. The summed E-state index contributed by atoms with van der Waals surface area (Å²) in [6.07, 6.45) is -1.74. The zero-order valence-electron chi connectivity index (χ0n) is 17.8. The van der Waals surface area contributed by atoms with Crippen LogP contribution < -0.4 is 20.3 Å². The summed E-state index contributed by atoms with van der Waals surface area (Å²) >= 11 is 12.0. The number of nitrogens with one attached hydrogen (secondary N) is 2. The summed E-state index contributed by atoms with van der Waals surface area (Å²) in [6.45, 7) is 1.96. The molecule has 12 heteroatoms. The average Bonchev–Trinajstić information content (AvgIpc) is 2.77. The number of thiocarbonyl (C=S) groups is 1. The van der Waals surface area contributed by atoms with Crippen molar-refractivity contribution in [3.05, 3.63) is 56.5 Å². The number of ether oxygens (including phenoxy) is 2. The molecule has 0 aliphatic carbocycles. The van der Waals surface area contributed by atoms with Crippen LogP contribution in [-0.4, -0.2) is 44.4 Å². The van der Waals surface area contributed by atoms with Crippen LogP contribution in [0.3, 0.4) is 0 Å². The predicted octanol–water partition coefficient (Wildman–Crippen LogP) is 5.60. The van der Waals surface area contributed by atoms with Crippen LogP contribution in [0.2, 0.25) is 0 Å². The second-order valence-corrected chi connectivity index (χ2v) is 9.29. The molecule has 1 amide bonds. The lowest BCUT2D eigenvalue weighted by atomic mass is 10.1. The molecule has 0 atom stereocenters. The van der Waals surface area contributed by atoms with Crippen molar-refractivity contribution < 1.29 is 27.4 Å². The van der Waals surface area contributed by atoms with Crippen molar-refractivity contribution in [2.75, 3.05) is 43.6 Å². The van der Waals surface area contributed by atoms with Crippen molar-refractivity contribution in [3.63, 3.8) is 0 Å². The zero-order chi connectivity index (χ0) is 24.9. The Labute approximate surface area is 216 Å². The van der Waals surface area contributed by atoms with Gasteiger partial charge in [-0.2, -0.15) is 13.2 Å². The highest BCUT2D eigenvalue weighted by molar-refractivity contribution is 9.11. The molecule has 6 nitrogen and oxygen atoms in total. The van der Waals surface area contributed by atoms with Gasteiger partial charge >= 0.3 is 6.18 Å². The van der Waals surface area contributed by atoms with Crippen LogP contribution in [0, 0.1) is 0 Å². The maximum atomic E-state index is 13.3. The Balaban J connectivity index is 1.76. The Morgan fingerprint density at radius 1 is 1.21 bits per heavy atom. The summed E-state index contributed by atoms with van der Waals surface area (Å²) < 4.78 is 52.0. The number of methoxy groups -OCH3 is 1. The van der Waals surface area contributed by atoms with Crippen LogP contribution >= 0.6 is 44.1 Å². The first-order chi connectivity index (χ1) is 16.1. The number of halogens is 5. The van der Waals surface area contributed by atoms with Crippen LogP contribution in [-0.2, 0) is 15.7 Å². The summed E-state index contributed by atoms with van der Waals surface area (Å²) in [5.41, 5.74) is 0.481. The number of morpholine rings is 1. The molecule has 1 saturated heterocycles. The first-order valence-corrected chi connectivity index (χ1v) is 11.9. The molecule has 0 saturated carbocycles. The number of alkyl halides is 3. The van der Waals surface area contributed by atoms with Crippen LogP contribution in [0.15, 0.2) is 45.4 Å². The molecule has 2 N–H and O–H groups in total. The molecule has 0 unspecified atom stereocenters. The predicted molar refractivity (Wildman–Crippen MR) is 136 cm³/mol.